The zero-order valence-electron chi connectivity index (χ0n) is 16.7. The molecule has 0 aliphatic carbocycles. The highest BCUT2D eigenvalue weighted by molar-refractivity contribution is 8.19. The summed E-state index contributed by atoms with van der Waals surface area (Å²) in [6, 6.07) is 10.9. The Balaban J connectivity index is 1.99. The van der Waals surface area contributed by atoms with Crippen molar-refractivity contribution in [1.29, 1.82) is 0 Å². The highest BCUT2D eigenvalue weighted by Gasteiger charge is 2.34. The Labute approximate surface area is 190 Å². The number of amidine groups is 1. The van der Waals surface area contributed by atoms with Crippen molar-refractivity contribution in [2.75, 3.05) is 20.8 Å². The first-order valence-corrected chi connectivity index (χ1v) is 11.6. The van der Waals surface area contributed by atoms with Gasteiger partial charge in [-0.2, -0.15) is 8.42 Å². The van der Waals surface area contributed by atoms with Crippen LogP contribution in [0.2, 0.25) is 5.02 Å². The number of thioether (sulfide) groups is 1. The Morgan fingerprint density at radius 2 is 1.81 bits per heavy atom. The number of ether oxygens (including phenoxy) is 2. The molecule has 162 valence electrons. The van der Waals surface area contributed by atoms with Gasteiger partial charge in [0.05, 0.1) is 24.0 Å². The van der Waals surface area contributed by atoms with Gasteiger partial charge in [0.2, 0.25) is 0 Å². The zero-order valence-corrected chi connectivity index (χ0v) is 19.1. The zero-order chi connectivity index (χ0) is 22.6. The van der Waals surface area contributed by atoms with Gasteiger partial charge in [0.1, 0.15) is 0 Å². The number of hydrogen-bond acceptors (Lipinski definition) is 6. The molecule has 0 unspecified atom stereocenters. The lowest BCUT2D eigenvalue weighted by molar-refractivity contribution is -0.121. The molecule has 0 spiro atoms. The number of benzene rings is 2. The molecule has 3 rings (SSSR count). The number of carbonyl (C=O) groups excluding carboxylic acids is 1. The summed E-state index contributed by atoms with van der Waals surface area (Å²) >= 11 is 6.80. The summed E-state index contributed by atoms with van der Waals surface area (Å²) < 4.78 is 39.8. The second kappa shape index (κ2) is 9.59. The predicted molar refractivity (Wildman–Crippen MR) is 123 cm³/mol. The maximum Gasteiger partial charge on any atom is 0.284 e. The monoisotopic (exact) mass is 478 g/mol. The Morgan fingerprint density at radius 3 is 2.42 bits per heavy atom. The van der Waals surface area contributed by atoms with Gasteiger partial charge in [0.25, 0.3) is 15.9 Å². The minimum absolute atomic E-state index is 0.0201. The first kappa shape index (κ1) is 22.9. The molecule has 31 heavy (non-hydrogen) atoms. The van der Waals surface area contributed by atoms with E-state index >= 15 is 0 Å². The van der Waals surface area contributed by atoms with Gasteiger partial charge in [-0.25, -0.2) is 0 Å². The third-order valence-electron chi connectivity index (χ3n) is 4.21. The lowest BCUT2D eigenvalue weighted by Gasteiger charge is -2.12. The summed E-state index contributed by atoms with van der Waals surface area (Å²) in [5.74, 6) is 0.693. The predicted octanol–water partition coefficient (Wildman–Crippen LogP) is 4.20. The lowest BCUT2D eigenvalue weighted by atomic mass is 10.2. The van der Waals surface area contributed by atoms with Crippen molar-refractivity contribution in [2.24, 2.45) is 4.40 Å². The highest BCUT2D eigenvalue weighted by Crippen LogP contribution is 2.35. The van der Waals surface area contributed by atoms with Crippen LogP contribution in [0.4, 0.5) is 0 Å². The van der Waals surface area contributed by atoms with Gasteiger partial charge in [-0.05, 0) is 59.8 Å². The molecule has 1 fully saturated rings. The first-order valence-electron chi connectivity index (χ1n) is 8.94. The van der Waals surface area contributed by atoms with Crippen LogP contribution in [0.25, 0.3) is 6.08 Å². The van der Waals surface area contributed by atoms with E-state index in [1.54, 1.807) is 24.3 Å². The molecule has 1 aliphatic rings. The van der Waals surface area contributed by atoms with Gasteiger partial charge in [-0.1, -0.05) is 23.7 Å². The molecule has 2 aromatic rings. The molecule has 0 bridgehead atoms. The quantitative estimate of drug-likeness (QED) is 0.438. The average Bonchev–Trinajstić information content (AvgIpc) is 3.02. The Morgan fingerprint density at radius 1 is 1.13 bits per heavy atom. The smallest absolute Gasteiger partial charge is 0.284 e. The molecular formula is C21H19ClN2O5S2. The van der Waals surface area contributed by atoms with E-state index in [9.17, 15) is 13.2 Å². The third-order valence-corrected chi connectivity index (χ3v) is 6.87. The molecule has 0 atom stereocenters. The molecule has 2 aromatic carbocycles. The van der Waals surface area contributed by atoms with Crippen molar-refractivity contribution in [3.63, 3.8) is 0 Å². The van der Waals surface area contributed by atoms with E-state index in [2.05, 4.69) is 11.0 Å². The van der Waals surface area contributed by atoms with E-state index in [1.807, 2.05) is 0 Å². The molecule has 1 aliphatic heterocycles. The van der Waals surface area contributed by atoms with Crippen LogP contribution in [0.1, 0.15) is 5.56 Å². The van der Waals surface area contributed by atoms with Gasteiger partial charge in [-0.3, -0.25) is 9.69 Å². The maximum atomic E-state index is 12.9. The van der Waals surface area contributed by atoms with Gasteiger partial charge in [0, 0.05) is 11.6 Å². The number of amides is 1. The molecule has 0 saturated carbocycles. The van der Waals surface area contributed by atoms with Gasteiger partial charge in [-0.15, -0.1) is 11.0 Å². The van der Waals surface area contributed by atoms with Crippen LogP contribution in [0, 0.1) is 0 Å². The molecule has 10 heteroatoms. The lowest BCUT2D eigenvalue weighted by Crippen LogP contribution is -2.29. The highest BCUT2D eigenvalue weighted by atomic mass is 35.5. The van der Waals surface area contributed by atoms with Crippen molar-refractivity contribution >= 4 is 50.5 Å². The number of rotatable bonds is 7. The van der Waals surface area contributed by atoms with E-state index < -0.39 is 10.0 Å². The van der Waals surface area contributed by atoms with Crippen LogP contribution in [0.5, 0.6) is 11.5 Å². The summed E-state index contributed by atoms with van der Waals surface area (Å²) in [4.78, 5) is 14.5. The molecule has 1 heterocycles. The molecule has 0 aromatic heterocycles. The largest absolute Gasteiger partial charge is 0.493 e. The van der Waals surface area contributed by atoms with Crippen molar-refractivity contribution in [1.82, 2.24) is 4.90 Å². The Kier molecular flexibility index (Phi) is 7.09. The summed E-state index contributed by atoms with van der Waals surface area (Å²) in [5.41, 5.74) is 0.689. The van der Waals surface area contributed by atoms with Crippen molar-refractivity contribution < 1.29 is 22.7 Å². The second-order valence-corrected chi connectivity index (χ2v) is 9.28. The standard InChI is InChI=1S/C21H19ClN2O5S2/c1-4-11-24-20(25)19(13-14-5-10-17(28-2)18(12-14)29-3)30-21(24)23-31(26,27)16-8-6-15(22)7-9-16/h4-10,12-13H,1,11H2,2-3H3/b19-13-,23-21-. The molecule has 1 saturated heterocycles. The number of carbonyl (C=O) groups is 1. The van der Waals surface area contributed by atoms with Crippen LogP contribution >= 0.6 is 23.4 Å². The maximum absolute atomic E-state index is 12.9. The molecular weight excluding hydrogens is 460 g/mol. The minimum atomic E-state index is -4.03. The summed E-state index contributed by atoms with van der Waals surface area (Å²) in [5, 5.41) is 0.456. The number of hydrogen-bond donors (Lipinski definition) is 0. The summed E-state index contributed by atoms with van der Waals surface area (Å²) in [7, 11) is -0.987. The normalized spacial score (nSPS) is 16.7. The van der Waals surface area contributed by atoms with Crippen LogP contribution < -0.4 is 9.47 Å². The second-order valence-electron chi connectivity index (χ2n) is 6.23. The van der Waals surface area contributed by atoms with E-state index in [0.29, 0.717) is 27.0 Å². The van der Waals surface area contributed by atoms with Crippen LogP contribution in [0.3, 0.4) is 0 Å². The van der Waals surface area contributed by atoms with Crippen LogP contribution in [-0.4, -0.2) is 45.2 Å². The molecule has 7 nitrogen and oxygen atoms in total. The van der Waals surface area contributed by atoms with Crippen LogP contribution in [0.15, 0.2) is 69.3 Å². The van der Waals surface area contributed by atoms with Gasteiger partial charge >= 0.3 is 0 Å². The molecule has 0 N–H and O–H groups in total. The van der Waals surface area contributed by atoms with E-state index in [4.69, 9.17) is 21.1 Å². The fourth-order valence-corrected chi connectivity index (χ4v) is 5.04. The number of nitrogens with zero attached hydrogens (tertiary/aromatic N) is 2. The fraction of sp³-hybridized carbons (Fsp3) is 0.143. The first-order chi connectivity index (χ1) is 14.8. The SMILES string of the molecule is C=CCN1C(=O)/C(=C/c2ccc(OC)c(OC)c2)S/C1=N\S(=O)(=O)c1ccc(Cl)cc1. The number of methoxy groups -OCH3 is 2. The summed E-state index contributed by atoms with van der Waals surface area (Å²) in [6.07, 6.45) is 3.14. The summed E-state index contributed by atoms with van der Waals surface area (Å²) in [6.45, 7) is 3.75. The van der Waals surface area contributed by atoms with Gasteiger partial charge in [0.15, 0.2) is 16.7 Å². The van der Waals surface area contributed by atoms with E-state index in [-0.39, 0.29) is 22.5 Å². The van der Waals surface area contributed by atoms with E-state index in [1.165, 1.54) is 49.5 Å². The fourth-order valence-electron chi connectivity index (χ4n) is 2.72. The topological polar surface area (TPSA) is 85.3 Å². The van der Waals surface area contributed by atoms with E-state index in [0.717, 1.165) is 11.8 Å². The van der Waals surface area contributed by atoms with Crippen molar-refractivity contribution in [2.45, 2.75) is 4.90 Å². The van der Waals surface area contributed by atoms with Crippen molar-refractivity contribution in [3.05, 3.63) is 70.6 Å². The minimum Gasteiger partial charge on any atom is -0.493 e. The number of sulfonamides is 1. The molecule has 0 radical (unpaired) electrons. The molecule has 1 amide bonds. The van der Waals surface area contributed by atoms with Gasteiger partial charge < -0.3 is 9.47 Å². The Hall–Kier alpha value is -2.75. The Bertz CT molecular complexity index is 1170. The van der Waals surface area contributed by atoms with Crippen LogP contribution in [-0.2, 0) is 14.8 Å². The van der Waals surface area contributed by atoms with Crippen molar-refractivity contribution in [3.8, 4) is 11.5 Å². The third kappa shape index (κ3) is 5.12. The number of halogens is 1. The average molecular weight is 479 g/mol.